The summed E-state index contributed by atoms with van der Waals surface area (Å²) in [6.07, 6.45) is 1.19. The first-order chi connectivity index (χ1) is 5.74. The van der Waals surface area contributed by atoms with E-state index >= 15 is 0 Å². The molecule has 66 valence electrons. The largest absolute Gasteiger partial charge is 0.478 e. The van der Waals surface area contributed by atoms with E-state index in [0.717, 1.165) is 0 Å². The van der Waals surface area contributed by atoms with E-state index in [0.29, 0.717) is 12.3 Å². The third-order valence-corrected chi connectivity index (χ3v) is 1.29. The third kappa shape index (κ3) is 2.08. The first kappa shape index (κ1) is 8.76. The Hall–Kier alpha value is -1.33. The van der Waals surface area contributed by atoms with Gasteiger partial charge in [-0.2, -0.15) is 5.48 Å². The van der Waals surface area contributed by atoms with E-state index < -0.39 is 5.97 Å². The van der Waals surface area contributed by atoms with Crippen molar-refractivity contribution in [3.8, 4) is 0 Å². The lowest BCUT2D eigenvalue weighted by atomic mass is 10.3. The van der Waals surface area contributed by atoms with E-state index in [1.165, 1.54) is 19.4 Å². The SMILES string of the molecule is CONCc1cc(C(=O)O)co1. The number of rotatable bonds is 4. The van der Waals surface area contributed by atoms with Gasteiger partial charge in [-0.3, -0.25) is 0 Å². The van der Waals surface area contributed by atoms with Crippen molar-refractivity contribution < 1.29 is 19.2 Å². The van der Waals surface area contributed by atoms with Crippen molar-refractivity contribution >= 4 is 5.97 Å². The maximum Gasteiger partial charge on any atom is 0.338 e. The third-order valence-electron chi connectivity index (χ3n) is 1.29. The highest BCUT2D eigenvalue weighted by Gasteiger charge is 2.06. The van der Waals surface area contributed by atoms with Crippen LogP contribution in [0.5, 0.6) is 0 Å². The monoisotopic (exact) mass is 171 g/mol. The van der Waals surface area contributed by atoms with Crippen molar-refractivity contribution in [3.63, 3.8) is 0 Å². The Labute approximate surface area is 68.9 Å². The zero-order valence-corrected chi connectivity index (χ0v) is 6.53. The summed E-state index contributed by atoms with van der Waals surface area (Å²) >= 11 is 0. The van der Waals surface area contributed by atoms with Gasteiger partial charge in [-0.05, 0) is 6.07 Å². The number of aromatic carboxylic acids is 1. The van der Waals surface area contributed by atoms with Crippen LogP contribution < -0.4 is 5.48 Å². The highest BCUT2D eigenvalue weighted by atomic mass is 16.6. The zero-order chi connectivity index (χ0) is 8.97. The molecule has 0 fully saturated rings. The molecule has 0 aliphatic heterocycles. The maximum absolute atomic E-state index is 10.4. The van der Waals surface area contributed by atoms with E-state index in [-0.39, 0.29) is 5.56 Å². The predicted molar refractivity (Wildman–Crippen MR) is 39.5 cm³/mol. The van der Waals surface area contributed by atoms with E-state index in [1.54, 1.807) is 0 Å². The van der Waals surface area contributed by atoms with Crippen LogP contribution in [0.4, 0.5) is 0 Å². The fourth-order valence-electron chi connectivity index (χ4n) is 0.729. The fourth-order valence-corrected chi connectivity index (χ4v) is 0.729. The van der Waals surface area contributed by atoms with Gasteiger partial charge in [0.15, 0.2) is 0 Å². The molecule has 1 rings (SSSR count). The highest BCUT2D eigenvalue weighted by Crippen LogP contribution is 2.06. The molecule has 0 saturated heterocycles. The van der Waals surface area contributed by atoms with Gasteiger partial charge in [0.25, 0.3) is 0 Å². The average Bonchev–Trinajstić information content (AvgIpc) is 2.48. The van der Waals surface area contributed by atoms with Crippen molar-refractivity contribution in [3.05, 3.63) is 23.7 Å². The van der Waals surface area contributed by atoms with Crippen LogP contribution in [0.25, 0.3) is 0 Å². The van der Waals surface area contributed by atoms with Gasteiger partial charge in [-0.15, -0.1) is 0 Å². The molecular formula is C7H9NO4. The van der Waals surface area contributed by atoms with Crippen molar-refractivity contribution in [1.29, 1.82) is 0 Å². The highest BCUT2D eigenvalue weighted by molar-refractivity contribution is 5.87. The Morgan fingerprint density at radius 1 is 1.83 bits per heavy atom. The van der Waals surface area contributed by atoms with Crippen LogP contribution in [0, 0.1) is 0 Å². The number of nitrogens with one attached hydrogen (secondary N) is 1. The molecule has 1 aromatic heterocycles. The molecule has 0 amide bonds. The van der Waals surface area contributed by atoms with E-state index in [4.69, 9.17) is 9.52 Å². The van der Waals surface area contributed by atoms with Crippen LogP contribution in [0.2, 0.25) is 0 Å². The normalized spacial score (nSPS) is 10.1. The smallest absolute Gasteiger partial charge is 0.338 e. The molecule has 5 heteroatoms. The van der Waals surface area contributed by atoms with E-state index in [1.807, 2.05) is 0 Å². The van der Waals surface area contributed by atoms with Gasteiger partial charge in [-0.1, -0.05) is 0 Å². The summed E-state index contributed by atoms with van der Waals surface area (Å²) < 4.78 is 4.90. The van der Waals surface area contributed by atoms with Gasteiger partial charge in [0.05, 0.1) is 19.2 Å². The summed E-state index contributed by atoms with van der Waals surface area (Å²) in [7, 11) is 1.47. The number of hydrogen-bond donors (Lipinski definition) is 2. The average molecular weight is 171 g/mol. The summed E-state index contributed by atoms with van der Waals surface area (Å²) in [4.78, 5) is 14.9. The Bertz CT molecular complexity index is 268. The molecule has 0 spiro atoms. The molecule has 0 radical (unpaired) electrons. The summed E-state index contributed by atoms with van der Waals surface area (Å²) in [5.41, 5.74) is 2.67. The van der Waals surface area contributed by atoms with Crippen LogP contribution in [0.1, 0.15) is 16.1 Å². The quantitative estimate of drug-likeness (QED) is 0.650. The number of carboxylic acids is 1. The maximum atomic E-state index is 10.4. The predicted octanol–water partition coefficient (Wildman–Crippen LogP) is 0.629. The van der Waals surface area contributed by atoms with Crippen molar-refractivity contribution in [1.82, 2.24) is 5.48 Å². The fraction of sp³-hybridized carbons (Fsp3) is 0.286. The molecule has 1 heterocycles. The van der Waals surface area contributed by atoms with E-state index in [9.17, 15) is 4.79 Å². The first-order valence-electron chi connectivity index (χ1n) is 3.30. The minimum atomic E-state index is -0.998. The van der Waals surface area contributed by atoms with E-state index in [2.05, 4.69) is 10.3 Å². The van der Waals surface area contributed by atoms with Crippen LogP contribution >= 0.6 is 0 Å². The summed E-state index contributed by atoms with van der Waals surface area (Å²) in [6.45, 7) is 0.351. The van der Waals surface area contributed by atoms with Gasteiger partial charge in [0.1, 0.15) is 12.0 Å². The van der Waals surface area contributed by atoms with Crippen LogP contribution in [0.15, 0.2) is 16.7 Å². The number of hydrogen-bond acceptors (Lipinski definition) is 4. The van der Waals surface area contributed by atoms with Gasteiger partial charge in [0, 0.05) is 0 Å². The van der Waals surface area contributed by atoms with Crippen LogP contribution in [-0.2, 0) is 11.4 Å². The van der Waals surface area contributed by atoms with Crippen molar-refractivity contribution in [2.24, 2.45) is 0 Å². The Morgan fingerprint density at radius 2 is 2.58 bits per heavy atom. The standard InChI is InChI=1S/C7H9NO4/c1-11-8-3-6-2-5(4-12-6)7(9)10/h2,4,8H,3H2,1H3,(H,9,10). The Balaban J connectivity index is 2.58. The molecule has 1 aromatic rings. The minimum Gasteiger partial charge on any atom is -0.478 e. The van der Waals surface area contributed by atoms with Crippen molar-refractivity contribution in [2.75, 3.05) is 7.11 Å². The van der Waals surface area contributed by atoms with Gasteiger partial charge in [0.2, 0.25) is 0 Å². The molecule has 5 nitrogen and oxygen atoms in total. The number of carbonyl (C=O) groups is 1. The summed E-state index contributed by atoms with van der Waals surface area (Å²) in [5, 5.41) is 8.51. The lowest BCUT2D eigenvalue weighted by molar-refractivity contribution is 0.0696. The molecule has 0 saturated carbocycles. The number of furan rings is 1. The molecule has 12 heavy (non-hydrogen) atoms. The molecule has 0 aliphatic carbocycles. The van der Waals surface area contributed by atoms with Gasteiger partial charge in [-0.25, -0.2) is 4.79 Å². The Kier molecular flexibility index (Phi) is 2.84. The second-order valence-electron chi connectivity index (χ2n) is 2.13. The topological polar surface area (TPSA) is 71.7 Å². The second kappa shape index (κ2) is 3.89. The summed E-state index contributed by atoms with van der Waals surface area (Å²) in [5.74, 6) is -0.475. The van der Waals surface area contributed by atoms with Crippen LogP contribution in [0.3, 0.4) is 0 Å². The minimum absolute atomic E-state index is 0.142. The molecule has 0 aromatic carbocycles. The zero-order valence-electron chi connectivity index (χ0n) is 6.53. The first-order valence-corrected chi connectivity index (χ1v) is 3.30. The second-order valence-corrected chi connectivity index (χ2v) is 2.13. The Morgan fingerprint density at radius 3 is 3.08 bits per heavy atom. The lowest BCUT2D eigenvalue weighted by Crippen LogP contribution is -2.09. The molecule has 2 N–H and O–H groups in total. The molecule has 0 aliphatic rings. The molecule has 0 atom stereocenters. The van der Waals surface area contributed by atoms with Gasteiger partial charge < -0.3 is 14.4 Å². The lowest BCUT2D eigenvalue weighted by Gasteiger charge is -1.95. The van der Waals surface area contributed by atoms with Crippen LogP contribution in [-0.4, -0.2) is 18.2 Å². The molecule has 0 bridgehead atoms. The number of carboxylic acid groups (broad SMARTS) is 1. The summed E-state index contributed by atoms with van der Waals surface area (Å²) in [6, 6.07) is 1.44. The van der Waals surface area contributed by atoms with Crippen molar-refractivity contribution in [2.45, 2.75) is 6.54 Å². The number of hydroxylamine groups is 1. The molecular weight excluding hydrogens is 162 g/mol. The van der Waals surface area contributed by atoms with Gasteiger partial charge >= 0.3 is 5.97 Å². The molecule has 0 unspecified atom stereocenters.